The number of aliphatic hydroxyl groups excluding tert-OH is 2. The number of hydrogen-bond acceptors (Lipinski definition) is 19. The third kappa shape index (κ3) is 12.0. The molecule has 2 unspecified atom stereocenters. The van der Waals surface area contributed by atoms with Crippen molar-refractivity contribution in [2.75, 3.05) is 37.5 Å². The molecular formula is C42H56N4O19P2S2. The molecule has 6 rings (SSSR count). The van der Waals surface area contributed by atoms with E-state index in [1.807, 2.05) is 0 Å². The number of carbonyl (C=O) groups excluding carboxylic acids is 5. The smallest absolute Gasteiger partial charge is 0.341 e. The van der Waals surface area contributed by atoms with Crippen LogP contribution in [0.5, 0.6) is 17.2 Å². The third-order valence-electron chi connectivity index (χ3n) is 12.4. The minimum Gasteiger partial charge on any atom is -0.507 e. The van der Waals surface area contributed by atoms with Crippen LogP contribution in [0, 0.1) is 0 Å². The summed E-state index contributed by atoms with van der Waals surface area (Å²) in [7, 11) is -8.75. The van der Waals surface area contributed by atoms with Gasteiger partial charge in [0.2, 0.25) is 23.5 Å². The van der Waals surface area contributed by atoms with E-state index < -0.39 is 127 Å². The molecule has 2 aromatic carbocycles. The van der Waals surface area contributed by atoms with Crippen LogP contribution >= 0.6 is 38.7 Å². The highest BCUT2D eigenvalue weighted by Gasteiger charge is 2.50. The largest absolute Gasteiger partial charge is 0.507 e. The van der Waals surface area contributed by atoms with Crippen molar-refractivity contribution in [1.82, 2.24) is 10.3 Å². The van der Waals surface area contributed by atoms with E-state index in [0.29, 0.717) is 30.8 Å². The first-order valence-electron chi connectivity index (χ1n) is 21.9. The van der Waals surface area contributed by atoms with Gasteiger partial charge in [0.15, 0.2) is 17.5 Å². The Morgan fingerprint density at radius 1 is 1.01 bits per heavy atom. The molecular weight excluding hydrogens is 991 g/mol. The number of aliphatic hydroxyl groups is 3. The Balaban J connectivity index is 1.07. The van der Waals surface area contributed by atoms with Gasteiger partial charge in [0.1, 0.15) is 22.8 Å². The van der Waals surface area contributed by atoms with Crippen molar-refractivity contribution in [3.8, 4) is 17.2 Å². The van der Waals surface area contributed by atoms with Gasteiger partial charge in [-0.3, -0.25) is 38.0 Å². The van der Waals surface area contributed by atoms with E-state index in [4.69, 9.17) is 19.9 Å². The number of phenols is 2. The maximum Gasteiger partial charge on any atom is 0.341 e. The third-order valence-corrected chi connectivity index (χ3v) is 19.1. The summed E-state index contributed by atoms with van der Waals surface area (Å²) in [6.45, 7) is 0.733. The molecule has 23 nitrogen and oxygen atoms in total. The molecule has 2 heterocycles. The average Bonchev–Trinajstić information content (AvgIpc) is 3.54. The average molecular weight is 1050 g/mol. The standard InChI is InChI=1S/C42H56N4O19P2S2/c1-20-36(50)23(43)14-30(64-20)65-25-17-42(56,16-22-33(25)40(54)35-34(38(22)52)37(51)21-8-6-9-24(63-2)32(21)39(35)53)27(18-47)44-45-28(48)10-4-3-5-11-46-29(49)15-26(41(46)55)69-13-7-12-68-19-31(66(57,58)59)67(60,61)62/h6,8-9,20,23,25-26,30-31,36,47,50,52,54,56H,3-5,7,10-19,43H2,1-2H3,(H,45,48)(H2,57,58,59)(H2,60,61,62)/b44-27+/t20-,23-,25+,26?,30?,36+,42+/m1/s1. The molecule has 2 aromatic rings. The van der Waals surface area contributed by atoms with Gasteiger partial charge in [-0.15, -0.1) is 11.8 Å². The predicted molar refractivity (Wildman–Crippen MR) is 248 cm³/mol. The monoisotopic (exact) mass is 1050 g/mol. The van der Waals surface area contributed by atoms with E-state index in [-0.39, 0.29) is 77.8 Å². The number of rotatable bonds is 21. The van der Waals surface area contributed by atoms with Crippen LogP contribution in [0.25, 0.3) is 0 Å². The number of nitrogens with two attached hydrogens (primary N) is 1. The molecule has 2 aliphatic heterocycles. The van der Waals surface area contributed by atoms with Gasteiger partial charge in [0, 0.05) is 67.1 Å². The SMILES string of the molecule is COc1cccc2c1C(=O)c1c(O)c3c(c(O)c1C2=O)C[C@@](O)(/C(CO)=N/NC(=O)CCCCCN1C(=O)CC(SCCCSCC(P(=O)(O)O)P(=O)(O)O)C1=O)C[C@@H]3OC1C[C@@H](N)[C@@H](O)[C@@H](C)O1. The maximum atomic E-state index is 14.0. The Labute approximate surface area is 403 Å². The van der Waals surface area contributed by atoms with Crippen LogP contribution in [0.4, 0.5) is 0 Å². The number of benzene rings is 2. The number of phenolic OH excluding ortho intramolecular Hbond substituents is 2. The molecule has 3 amide bonds. The van der Waals surface area contributed by atoms with E-state index in [2.05, 4.69) is 10.5 Å². The van der Waals surface area contributed by atoms with Crippen LogP contribution in [0.2, 0.25) is 0 Å². The Bertz CT molecular complexity index is 2430. The number of thioether (sulfide) groups is 2. The Hall–Kier alpha value is -3.78. The van der Waals surface area contributed by atoms with Crippen LogP contribution in [0.1, 0.15) is 107 Å². The molecule has 7 atom stereocenters. The lowest BCUT2D eigenvalue weighted by Crippen LogP contribution is -2.53. The highest BCUT2D eigenvalue weighted by molar-refractivity contribution is 8.01. The summed E-state index contributed by atoms with van der Waals surface area (Å²) in [5.74, 6) is -4.16. The summed E-state index contributed by atoms with van der Waals surface area (Å²) in [5.41, 5.74) is 4.17. The lowest BCUT2D eigenvalue weighted by atomic mass is 9.71. The molecule has 0 spiro atoms. The molecule has 380 valence electrons. The second kappa shape index (κ2) is 22.3. The molecule has 2 saturated heterocycles. The summed E-state index contributed by atoms with van der Waals surface area (Å²) < 4.78 is 40.4. The van der Waals surface area contributed by atoms with Crippen molar-refractivity contribution < 1.29 is 92.4 Å². The fourth-order valence-electron chi connectivity index (χ4n) is 8.80. The minimum absolute atomic E-state index is 0.0235. The number of ketones is 2. The number of amides is 3. The molecule has 0 aromatic heterocycles. The summed E-state index contributed by atoms with van der Waals surface area (Å²) in [6, 6.07) is 3.48. The van der Waals surface area contributed by atoms with E-state index >= 15 is 0 Å². The first kappa shape index (κ1) is 54.6. The van der Waals surface area contributed by atoms with E-state index in [0.717, 1.165) is 16.7 Å². The number of aromatic hydroxyl groups is 2. The molecule has 0 bridgehead atoms. The summed E-state index contributed by atoms with van der Waals surface area (Å²) in [6.07, 6.45) is -4.19. The second-order valence-electron chi connectivity index (χ2n) is 17.2. The summed E-state index contributed by atoms with van der Waals surface area (Å²) >= 11 is 2.20. The van der Waals surface area contributed by atoms with Crippen molar-refractivity contribution in [3.05, 3.63) is 51.6 Å². The van der Waals surface area contributed by atoms with Gasteiger partial charge >= 0.3 is 15.2 Å². The number of unbranched alkanes of at least 4 members (excludes halogenated alkanes) is 2. The molecule has 69 heavy (non-hydrogen) atoms. The Morgan fingerprint density at radius 3 is 2.36 bits per heavy atom. The number of nitrogens with zero attached hydrogens (tertiary/aromatic N) is 2. The molecule has 4 aliphatic rings. The molecule has 0 radical (unpaired) electrons. The number of fused-ring (bicyclic) bond motifs is 3. The fourth-order valence-corrected chi connectivity index (χ4v) is 14.6. The maximum absolute atomic E-state index is 14.0. The van der Waals surface area contributed by atoms with Crippen LogP contribution in [-0.4, -0.2) is 163 Å². The lowest BCUT2D eigenvalue weighted by Gasteiger charge is -2.43. The van der Waals surface area contributed by atoms with Crippen LogP contribution < -0.4 is 15.9 Å². The van der Waals surface area contributed by atoms with Gasteiger partial charge in [-0.1, -0.05) is 18.6 Å². The molecule has 27 heteroatoms. The van der Waals surface area contributed by atoms with Crippen LogP contribution in [-0.2, 0) is 39.4 Å². The molecule has 2 aliphatic carbocycles. The lowest BCUT2D eigenvalue weighted by molar-refractivity contribution is -0.245. The topological polar surface area (TPSA) is 383 Å². The van der Waals surface area contributed by atoms with E-state index in [9.17, 15) is 78.2 Å². The number of hydrogen-bond donors (Lipinski definition) is 11. The number of carbonyl (C=O) groups is 5. The van der Waals surface area contributed by atoms with Gasteiger partial charge in [-0.05, 0) is 43.8 Å². The van der Waals surface area contributed by atoms with Crippen LogP contribution in [0.3, 0.4) is 0 Å². The molecule has 0 saturated carbocycles. The van der Waals surface area contributed by atoms with Gasteiger partial charge in [0.25, 0.3) is 0 Å². The van der Waals surface area contributed by atoms with Crippen molar-refractivity contribution in [2.24, 2.45) is 10.8 Å². The van der Waals surface area contributed by atoms with Crippen molar-refractivity contribution in [2.45, 2.75) is 112 Å². The number of hydrazone groups is 1. The quantitative estimate of drug-likeness (QED) is 0.0178. The van der Waals surface area contributed by atoms with Crippen molar-refractivity contribution in [3.63, 3.8) is 0 Å². The predicted octanol–water partition coefficient (Wildman–Crippen LogP) is 1.13. The van der Waals surface area contributed by atoms with E-state index in [1.54, 1.807) is 6.92 Å². The Morgan fingerprint density at radius 2 is 1.71 bits per heavy atom. The number of methoxy groups -OCH3 is 1. The van der Waals surface area contributed by atoms with Crippen molar-refractivity contribution >= 4 is 73.7 Å². The van der Waals surface area contributed by atoms with Gasteiger partial charge in [-0.2, -0.15) is 16.9 Å². The van der Waals surface area contributed by atoms with E-state index in [1.165, 1.54) is 37.1 Å². The number of likely N-dealkylation sites (tertiary alicyclic amines) is 1. The number of ether oxygens (including phenoxy) is 3. The van der Waals surface area contributed by atoms with Crippen LogP contribution in [0.15, 0.2) is 23.3 Å². The molecule has 12 N–H and O–H groups in total. The first-order valence-corrected chi connectivity index (χ1v) is 27.4. The zero-order valence-electron chi connectivity index (χ0n) is 37.5. The number of nitrogens with one attached hydrogen (secondary N) is 1. The fraction of sp³-hybridized carbons (Fsp3) is 0.571. The van der Waals surface area contributed by atoms with Gasteiger partial charge in [0.05, 0.1) is 59.7 Å². The first-order chi connectivity index (χ1) is 32.4. The van der Waals surface area contributed by atoms with Gasteiger partial charge < -0.3 is 65.1 Å². The summed E-state index contributed by atoms with van der Waals surface area (Å²) in [4.78, 5) is 105. The van der Waals surface area contributed by atoms with Crippen molar-refractivity contribution in [1.29, 1.82) is 0 Å². The highest BCUT2D eigenvalue weighted by atomic mass is 32.2. The minimum atomic E-state index is -5.02. The van der Waals surface area contributed by atoms with Gasteiger partial charge in [-0.25, -0.2) is 5.43 Å². The zero-order chi connectivity index (χ0) is 50.7. The Kier molecular flexibility index (Phi) is 17.7. The normalized spacial score (nSPS) is 25.2. The number of imide groups is 1. The zero-order valence-corrected chi connectivity index (χ0v) is 40.9. The molecule has 2 fully saturated rings. The summed E-state index contributed by atoms with van der Waals surface area (Å²) in [5, 5.41) is 58.2. The highest BCUT2D eigenvalue weighted by Crippen LogP contribution is 2.61. The second-order valence-corrected chi connectivity index (χ2v) is 23.6.